The maximum absolute atomic E-state index is 11.9. The summed E-state index contributed by atoms with van der Waals surface area (Å²) in [6.45, 7) is 13.6. The molecular formula is C12H24N2O2. The number of rotatable bonds is 1. The lowest BCUT2D eigenvalue weighted by Crippen LogP contribution is -2.40. The van der Waals surface area contributed by atoms with E-state index in [1.165, 1.54) is 0 Å². The summed E-state index contributed by atoms with van der Waals surface area (Å²) >= 11 is 0. The normalized spacial score (nSPS) is 22.9. The Labute approximate surface area is 98.5 Å². The monoisotopic (exact) mass is 228 g/mol. The smallest absolute Gasteiger partial charge is 0.411 e. The molecule has 1 fully saturated rings. The molecule has 1 rings (SSSR count). The van der Waals surface area contributed by atoms with Crippen LogP contribution in [0.25, 0.3) is 0 Å². The molecule has 16 heavy (non-hydrogen) atoms. The first-order valence-electron chi connectivity index (χ1n) is 5.94. The minimum atomic E-state index is -0.415. The number of carbonyl (C=O) groups excluding carboxylic acids is 1. The van der Waals surface area contributed by atoms with Gasteiger partial charge in [0, 0.05) is 18.6 Å². The van der Waals surface area contributed by atoms with Gasteiger partial charge in [-0.3, -0.25) is 9.80 Å². The van der Waals surface area contributed by atoms with Crippen LogP contribution in [0.5, 0.6) is 0 Å². The van der Waals surface area contributed by atoms with Gasteiger partial charge in [-0.05, 0) is 41.5 Å². The van der Waals surface area contributed by atoms with Crippen LogP contribution in [0.15, 0.2) is 0 Å². The predicted octanol–water partition coefficient (Wildman–Crippen LogP) is 2.29. The number of amides is 1. The molecule has 0 aromatic heterocycles. The van der Waals surface area contributed by atoms with Gasteiger partial charge in [0.15, 0.2) is 0 Å². The SMILES string of the molecule is CC(C)N1C[C@H](C)N(C(=O)OC(C)(C)C)C1. The van der Waals surface area contributed by atoms with Gasteiger partial charge in [0.05, 0.1) is 6.67 Å². The van der Waals surface area contributed by atoms with Crippen LogP contribution < -0.4 is 0 Å². The van der Waals surface area contributed by atoms with E-state index in [4.69, 9.17) is 4.74 Å². The van der Waals surface area contributed by atoms with Crippen LogP contribution in [0.4, 0.5) is 4.79 Å². The Morgan fingerprint density at radius 2 is 1.94 bits per heavy atom. The zero-order valence-electron chi connectivity index (χ0n) is 11.3. The lowest BCUT2D eigenvalue weighted by molar-refractivity contribution is 0.0210. The molecule has 1 atom stereocenters. The van der Waals surface area contributed by atoms with Crippen molar-refractivity contribution in [1.29, 1.82) is 0 Å². The largest absolute Gasteiger partial charge is 0.444 e. The van der Waals surface area contributed by atoms with Crippen LogP contribution in [-0.4, -0.2) is 46.8 Å². The third kappa shape index (κ3) is 3.37. The summed E-state index contributed by atoms with van der Waals surface area (Å²) in [6.07, 6.45) is -0.205. The van der Waals surface area contributed by atoms with Gasteiger partial charge in [-0.15, -0.1) is 0 Å². The van der Waals surface area contributed by atoms with E-state index >= 15 is 0 Å². The molecule has 4 heteroatoms. The topological polar surface area (TPSA) is 32.8 Å². The van der Waals surface area contributed by atoms with E-state index < -0.39 is 5.60 Å². The van der Waals surface area contributed by atoms with E-state index in [-0.39, 0.29) is 12.1 Å². The highest BCUT2D eigenvalue weighted by Gasteiger charge is 2.34. The van der Waals surface area contributed by atoms with E-state index in [1.54, 1.807) is 4.90 Å². The number of ether oxygens (including phenoxy) is 1. The molecule has 1 aliphatic rings. The molecule has 4 nitrogen and oxygen atoms in total. The lowest BCUT2D eigenvalue weighted by atomic mass is 10.2. The summed E-state index contributed by atoms with van der Waals surface area (Å²) in [5, 5.41) is 0. The van der Waals surface area contributed by atoms with Crippen molar-refractivity contribution in [3.8, 4) is 0 Å². The molecule has 0 spiro atoms. The van der Waals surface area contributed by atoms with Crippen LogP contribution in [-0.2, 0) is 4.74 Å². The third-order valence-electron chi connectivity index (χ3n) is 2.72. The van der Waals surface area contributed by atoms with E-state index in [9.17, 15) is 4.79 Å². The maximum atomic E-state index is 11.9. The molecule has 1 heterocycles. The van der Waals surface area contributed by atoms with Gasteiger partial charge < -0.3 is 4.74 Å². The van der Waals surface area contributed by atoms with Crippen molar-refractivity contribution in [3.63, 3.8) is 0 Å². The summed E-state index contributed by atoms with van der Waals surface area (Å²) in [4.78, 5) is 16.0. The highest BCUT2D eigenvalue weighted by Crippen LogP contribution is 2.19. The van der Waals surface area contributed by atoms with Gasteiger partial charge in [0.2, 0.25) is 0 Å². The first kappa shape index (κ1) is 13.3. The van der Waals surface area contributed by atoms with Crippen molar-refractivity contribution in [3.05, 3.63) is 0 Å². The highest BCUT2D eigenvalue weighted by atomic mass is 16.6. The van der Waals surface area contributed by atoms with E-state index in [0.29, 0.717) is 12.7 Å². The zero-order valence-corrected chi connectivity index (χ0v) is 11.3. The molecule has 1 amide bonds. The van der Waals surface area contributed by atoms with Crippen molar-refractivity contribution < 1.29 is 9.53 Å². The first-order valence-corrected chi connectivity index (χ1v) is 5.94. The molecular weight excluding hydrogens is 204 g/mol. The van der Waals surface area contributed by atoms with E-state index in [0.717, 1.165) is 6.54 Å². The molecule has 0 radical (unpaired) electrons. The summed E-state index contributed by atoms with van der Waals surface area (Å²) in [7, 11) is 0. The third-order valence-corrected chi connectivity index (χ3v) is 2.72. The van der Waals surface area contributed by atoms with Crippen LogP contribution in [0, 0.1) is 0 Å². The summed E-state index contributed by atoms with van der Waals surface area (Å²) < 4.78 is 5.38. The Morgan fingerprint density at radius 3 is 2.31 bits per heavy atom. The quantitative estimate of drug-likeness (QED) is 0.690. The Hall–Kier alpha value is -0.770. The molecule has 0 unspecified atom stereocenters. The highest BCUT2D eigenvalue weighted by molar-refractivity contribution is 5.68. The second-order valence-corrected chi connectivity index (χ2v) is 5.81. The molecule has 0 aromatic carbocycles. The lowest BCUT2D eigenvalue weighted by Gasteiger charge is -2.26. The standard InChI is InChI=1S/C12H24N2O2/c1-9(2)13-7-10(3)14(8-13)11(15)16-12(4,5)6/h9-10H,7-8H2,1-6H3/t10-/m0/s1. The van der Waals surface area contributed by atoms with Crippen LogP contribution in [0.2, 0.25) is 0 Å². The number of hydrogen-bond donors (Lipinski definition) is 0. The van der Waals surface area contributed by atoms with Gasteiger partial charge in [0.25, 0.3) is 0 Å². The van der Waals surface area contributed by atoms with Crippen molar-refractivity contribution in [2.75, 3.05) is 13.2 Å². The van der Waals surface area contributed by atoms with Gasteiger partial charge in [-0.1, -0.05) is 0 Å². The summed E-state index contributed by atoms with van der Waals surface area (Å²) in [6, 6.07) is 0.701. The second-order valence-electron chi connectivity index (χ2n) is 5.81. The minimum Gasteiger partial charge on any atom is -0.444 e. The molecule has 94 valence electrons. The van der Waals surface area contributed by atoms with Crippen molar-refractivity contribution in [1.82, 2.24) is 9.80 Å². The summed E-state index contributed by atoms with van der Waals surface area (Å²) in [5.74, 6) is 0. The van der Waals surface area contributed by atoms with E-state index in [1.807, 2.05) is 20.8 Å². The molecule has 1 saturated heterocycles. The van der Waals surface area contributed by atoms with Gasteiger partial charge in [0.1, 0.15) is 5.60 Å². The molecule has 1 aliphatic heterocycles. The fraction of sp³-hybridized carbons (Fsp3) is 0.917. The van der Waals surface area contributed by atoms with Crippen molar-refractivity contribution in [2.24, 2.45) is 0 Å². The Morgan fingerprint density at radius 1 is 1.38 bits per heavy atom. The Bertz CT molecular complexity index is 258. The van der Waals surface area contributed by atoms with Gasteiger partial charge >= 0.3 is 6.09 Å². The molecule has 0 aliphatic carbocycles. The summed E-state index contributed by atoms with van der Waals surface area (Å²) in [5.41, 5.74) is -0.415. The van der Waals surface area contributed by atoms with Crippen LogP contribution >= 0.6 is 0 Å². The molecule has 0 aromatic rings. The fourth-order valence-electron chi connectivity index (χ4n) is 1.76. The Balaban J connectivity index is 2.58. The average molecular weight is 228 g/mol. The average Bonchev–Trinajstić information content (AvgIpc) is 2.44. The van der Waals surface area contributed by atoms with E-state index in [2.05, 4.69) is 25.7 Å². The number of hydrogen-bond acceptors (Lipinski definition) is 3. The van der Waals surface area contributed by atoms with Gasteiger partial charge in [-0.2, -0.15) is 0 Å². The van der Waals surface area contributed by atoms with Crippen molar-refractivity contribution in [2.45, 2.75) is 59.2 Å². The molecule has 0 N–H and O–H groups in total. The maximum Gasteiger partial charge on any atom is 0.411 e. The molecule has 0 bridgehead atoms. The Kier molecular flexibility index (Phi) is 3.84. The first-order chi connectivity index (χ1) is 7.20. The predicted molar refractivity (Wildman–Crippen MR) is 64.2 cm³/mol. The zero-order chi connectivity index (χ0) is 12.5. The van der Waals surface area contributed by atoms with Crippen LogP contribution in [0.3, 0.4) is 0 Å². The molecule has 0 saturated carbocycles. The van der Waals surface area contributed by atoms with Crippen molar-refractivity contribution >= 4 is 6.09 Å². The minimum absolute atomic E-state index is 0.205. The van der Waals surface area contributed by atoms with Crippen LogP contribution in [0.1, 0.15) is 41.5 Å². The number of nitrogens with zero attached hydrogens (tertiary/aromatic N) is 2. The second kappa shape index (κ2) is 4.62. The van der Waals surface area contributed by atoms with Gasteiger partial charge in [-0.25, -0.2) is 4.79 Å². The number of carbonyl (C=O) groups is 1. The fourth-order valence-corrected chi connectivity index (χ4v) is 1.76.